The molecule has 2 N–H and O–H groups in total. The summed E-state index contributed by atoms with van der Waals surface area (Å²) in [5, 5.41) is 13.6. The summed E-state index contributed by atoms with van der Waals surface area (Å²) < 4.78 is 16.0. The Morgan fingerprint density at radius 1 is 1.33 bits per heavy atom. The number of hydrogen-bond donors (Lipinski definition) is 2. The van der Waals surface area contributed by atoms with E-state index in [1.54, 1.807) is 30.3 Å². The van der Waals surface area contributed by atoms with Gasteiger partial charge in [-0.2, -0.15) is 5.10 Å². The Morgan fingerprint density at radius 2 is 2.12 bits per heavy atom. The molecular formula is C17H16N2O5. The number of benzene rings is 2. The number of aromatic hydroxyl groups is 1. The third kappa shape index (κ3) is 3.40. The maximum Gasteiger partial charge on any atom is 0.284 e. The second kappa shape index (κ2) is 6.91. The highest BCUT2D eigenvalue weighted by Gasteiger charge is 2.26. The number of nitrogens with one attached hydrogen (secondary N) is 1. The minimum absolute atomic E-state index is 0.00136. The van der Waals surface area contributed by atoms with Gasteiger partial charge in [0.15, 0.2) is 11.5 Å². The molecule has 0 saturated heterocycles. The number of ether oxygens (including phenoxy) is 3. The predicted octanol–water partition coefficient (Wildman–Crippen LogP) is 1.69. The maximum atomic E-state index is 12.1. The molecule has 1 atom stereocenters. The van der Waals surface area contributed by atoms with Gasteiger partial charge in [0, 0.05) is 11.6 Å². The smallest absolute Gasteiger partial charge is 0.284 e. The first-order valence-corrected chi connectivity index (χ1v) is 7.26. The van der Waals surface area contributed by atoms with Crippen molar-refractivity contribution in [2.24, 2.45) is 5.10 Å². The molecule has 1 aliphatic rings. The Kier molecular flexibility index (Phi) is 4.51. The van der Waals surface area contributed by atoms with Crippen molar-refractivity contribution < 1.29 is 24.1 Å². The predicted molar refractivity (Wildman–Crippen MR) is 86.7 cm³/mol. The van der Waals surface area contributed by atoms with Gasteiger partial charge in [0.05, 0.1) is 13.3 Å². The first-order valence-electron chi connectivity index (χ1n) is 7.26. The standard InChI is InChI=1S/C17H16N2O5/c1-22-12-7-6-11(13(20)8-12)9-18-19-17(21)16-10-23-14-4-2-3-5-15(14)24-16/h2-9,16,20H,10H2,1H3,(H,19,21). The van der Waals surface area contributed by atoms with E-state index in [9.17, 15) is 9.90 Å². The molecule has 1 aliphatic heterocycles. The fourth-order valence-electron chi connectivity index (χ4n) is 2.15. The van der Waals surface area contributed by atoms with Crippen LogP contribution in [0.3, 0.4) is 0 Å². The highest BCUT2D eigenvalue weighted by molar-refractivity contribution is 5.86. The van der Waals surface area contributed by atoms with Crippen LogP contribution in [0.2, 0.25) is 0 Å². The lowest BCUT2D eigenvalue weighted by Gasteiger charge is -2.24. The van der Waals surface area contributed by atoms with Crippen LogP contribution in [0, 0.1) is 0 Å². The monoisotopic (exact) mass is 328 g/mol. The van der Waals surface area contributed by atoms with Crippen LogP contribution >= 0.6 is 0 Å². The zero-order chi connectivity index (χ0) is 16.9. The molecule has 7 heteroatoms. The zero-order valence-electron chi connectivity index (χ0n) is 12.9. The molecule has 1 unspecified atom stereocenters. The number of hydrogen-bond acceptors (Lipinski definition) is 6. The van der Waals surface area contributed by atoms with Gasteiger partial charge >= 0.3 is 0 Å². The molecule has 0 saturated carbocycles. The Bertz CT molecular complexity index is 775. The molecule has 2 aromatic rings. The van der Waals surface area contributed by atoms with Gasteiger partial charge in [-0.3, -0.25) is 4.79 Å². The van der Waals surface area contributed by atoms with E-state index in [1.807, 2.05) is 6.07 Å². The summed E-state index contributed by atoms with van der Waals surface area (Å²) in [6, 6.07) is 11.9. The minimum atomic E-state index is -0.790. The highest BCUT2D eigenvalue weighted by atomic mass is 16.6. The molecule has 0 aromatic heterocycles. The van der Waals surface area contributed by atoms with Crippen LogP contribution in [0.1, 0.15) is 5.56 Å². The molecular weight excluding hydrogens is 312 g/mol. The molecule has 24 heavy (non-hydrogen) atoms. The van der Waals surface area contributed by atoms with Gasteiger partial charge in [0.2, 0.25) is 6.10 Å². The Balaban J connectivity index is 1.60. The molecule has 7 nitrogen and oxygen atoms in total. The Labute approximate surface area is 138 Å². The number of phenols is 1. The number of phenolic OH excluding ortho intramolecular Hbond substituents is 1. The van der Waals surface area contributed by atoms with Crippen LogP contribution in [0.25, 0.3) is 0 Å². The quantitative estimate of drug-likeness (QED) is 0.658. The molecule has 0 spiro atoms. The van der Waals surface area contributed by atoms with E-state index in [1.165, 1.54) is 19.4 Å². The number of fused-ring (bicyclic) bond motifs is 1. The highest BCUT2D eigenvalue weighted by Crippen LogP contribution is 2.30. The number of methoxy groups -OCH3 is 1. The Hall–Kier alpha value is -3.22. The van der Waals surface area contributed by atoms with Crippen LogP contribution in [0.15, 0.2) is 47.6 Å². The zero-order valence-corrected chi connectivity index (χ0v) is 12.9. The molecule has 124 valence electrons. The Morgan fingerprint density at radius 3 is 2.88 bits per heavy atom. The second-order valence-corrected chi connectivity index (χ2v) is 5.02. The fraction of sp³-hybridized carbons (Fsp3) is 0.176. The summed E-state index contributed by atoms with van der Waals surface area (Å²) in [5.41, 5.74) is 2.82. The topological polar surface area (TPSA) is 89.4 Å². The summed E-state index contributed by atoms with van der Waals surface area (Å²) in [6.45, 7) is 0.103. The number of hydrazone groups is 1. The molecule has 0 bridgehead atoms. The minimum Gasteiger partial charge on any atom is -0.507 e. The van der Waals surface area contributed by atoms with E-state index < -0.39 is 12.0 Å². The summed E-state index contributed by atoms with van der Waals surface area (Å²) in [4.78, 5) is 12.1. The van der Waals surface area contributed by atoms with Crippen molar-refractivity contribution in [2.75, 3.05) is 13.7 Å². The van der Waals surface area contributed by atoms with Gasteiger partial charge in [-0.25, -0.2) is 5.43 Å². The lowest BCUT2D eigenvalue weighted by Crippen LogP contribution is -2.42. The van der Waals surface area contributed by atoms with Crippen LogP contribution < -0.4 is 19.6 Å². The van der Waals surface area contributed by atoms with Gasteiger partial charge in [-0.15, -0.1) is 0 Å². The van der Waals surface area contributed by atoms with Crippen molar-refractivity contribution in [3.63, 3.8) is 0 Å². The van der Waals surface area contributed by atoms with Gasteiger partial charge in [-0.05, 0) is 24.3 Å². The molecule has 1 amide bonds. The number of carbonyl (C=O) groups excluding carboxylic acids is 1. The summed E-state index contributed by atoms with van der Waals surface area (Å²) >= 11 is 0. The van der Waals surface area contributed by atoms with E-state index in [4.69, 9.17) is 14.2 Å². The van der Waals surface area contributed by atoms with Crippen LogP contribution in [-0.2, 0) is 4.79 Å². The third-order valence-electron chi connectivity index (χ3n) is 3.42. The third-order valence-corrected chi connectivity index (χ3v) is 3.42. The molecule has 3 rings (SSSR count). The van der Waals surface area contributed by atoms with Gasteiger partial charge < -0.3 is 19.3 Å². The lowest BCUT2D eigenvalue weighted by atomic mass is 10.2. The normalized spacial score (nSPS) is 16.0. The van der Waals surface area contributed by atoms with E-state index in [-0.39, 0.29) is 12.4 Å². The van der Waals surface area contributed by atoms with E-state index >= 15 is 0 Å². The van der Waals surface area contributed by atoms with Crippen molar-refractivity contribution in [1.29, 1.82) is 0 Å². The van der Waals surface area contributed by atoms with Crippen LogP contribution in [0.5, 0.6) is 23.0 Å². The van der Waals surface area contributed by atoms with Crippen molar-refractivity contribution in [3.8, 4) is 23.0 Å². The van der Waals surface area contributed by atoms with Gasteiger partial charge in [0.25, 0.3) is 5.91 Å². The van der Waals surface area contributed by atoms with Crippen molar-refractivity contribution >= 4 is 12.1 Å². The summed E-state index contributed by atoms with van der Waals surface area (Å²) in [5.74, 6) is 1.21. The van der Waals surface area contributed by atoms with Crippen LogP contribution in [-0.4, -0.2) is 37.0 Å². The largest absolute Gasteiger partial charge is 0.507 e. The number of carbonyl (C=O) groups is 1. The van der Waals surface area contributed by atoms with Crippen molar-refractivity contribution in [2.45, 2.75) is 6.10 Å². The molecule has 0 fully saturated rings. The second-order valence-electron chi connectivity index (χ2n) is 5.02. The van der Waals surface area contributed by atoms with Crippen molar-refractivity contribution in [1.82, 2.24) is 5.43 Å². The summed E-state index contributed by atoms with van der Waals surface area (Å²) in [7, 11) is 1.51. The van der Waals surface area contributed by atoms with E-state index in [2.05, 4.69) is 10.5 Å². The van der Waals surface area contributed by atoms with E-state index in [0.29, 0.717) is 22.8 Å². The van der Waals surface area contributed by atoms with Gasteiger partial charge in [0.1, 0.15) is 18.1 Å². The molecule has 0 radical (unpaired) electrons. The number of rotatable bonds is 4. The fourth-order valence-corrected chi connectivity index (χ4v) is 2.15. The summed E-state index contributed by atoms with van der Waals surface area (Å²) in [6.07, 6.45) is 0.547. The first kappa shape index (κ1) is 15.7. The average molecular weight is 328 g/mol. The number of nitrogens with zero attached hydrogens (tertiary/aromatic N) is 1. The van der Waals surface area contributed by atoms with Crippen molar-refractivity contribution in [3.05, 3.63) is 48.0 Å². The number of amides is 1. The molecule has 1 heterocycles. The average Bonchev–Trinajstić information content (AvgIpc) is 2.62. The SMILES string of the molecule is COc1ccc(C=NNC(=O)C2COc3ccccc3O2)c(O)c1. The van der Waals surface area contributed by atoms with Crippen LogP contribution in [0.4, 0.5) is 0 Å². The molecule has 0 aliphatic carbocycles. The number of para-hydroxylation sites is 2. The lowest BCUT2D eigenvalue weighted by molar-refractivity contribution is -0.130. The maximum absolute atomic E-state index is 12.1. The van der Waals surface area contributed by atoms with Gasteiger partial charge in [-0.1, -0.05) is 12.1 Å². The molecule has 2 aromatic carbocycles. The van der Waals surface area contributed by atoms with E-state index in [0.717, 1.165) is 0 Å². The first-order chi connectivity index (χ1) is 11.7.